The van der Waals surface area contributed by atoms with E-state index in [1.165, 1.54) is 0 Å². The molecule has 0 unspecified atom stereocenters. The van der Waals surface area contributed by atoms with E-state index in [2.05, 4.69) is 5.10 Å². The zero-order valence-electron chi connectivity index (χ0n) is 13.2. The van der Waals surface area contributed by atoms with Crippen LogP contribution in [-0.2, 0) is 4.79 Å². The van der Waals surface area contributed by atoms with Crippen LogP contribution in [-0.4, -0.2) is 51.0 Å². The molecule has 0 aromatic carbocycles. The lowest BCUT2D eigenvalue weighted by Gasteiger charge is -2.27. The van der Waals surface area contributed by atoms with Crippen molar-refractivity contribution in [2.24, 2.45) is 0 Å². The lowest BCUT2D eigenvalue weighted by Crippen LogP contribution is -2.38. The molecule has 1 amide bonds. The van der Waals surface area contributed by atoms with Crippen LogP contribution in [0.25, 0.3) is 0 Å². The Morgan fingerprint density at radius 2 is 1.90 bits per heavy atom. The van der Waals surface area contributed by atoms with Gasteiger partial charge in [0.1, 0.15) is 0 Å². The van der Waals surface area contributed by atoms with E-state index in [-0.39, 0.29) is 17.7 Å². The summed E-state index contributed by atoms with van der Waals surface area (Å²) in [4.78, 5) is 25.9. The quantitative estimate of drug-likeness (QED) is 0.800. The number of Topliss-reactive ketones (excluding diaryl/α,β-unsaturated/α-hetero) is 1. The number of thioether (sulfide) groups is 1. The Morgan fingerprint density at radius 3 is 2.43 bits per heavy atom. The Balaban J connectivity index is 2.09. The van der Waals surface area contributed by atoms with Crippen molar-refractivity contribution in [3.63, 3.8) is 0 Å². The summed E-state index contributed by atoms with van der Waals surface area (Å²) in [5, 5.41) is 4.45. The molecule has 1 aliphatic heterocycles. The molecule has 21 heavy (non-hydrogen) atoms. The number of hydrogen-bond donors (Lipinski definition) is 0. The third-order valence-electron chi connectivity index (χ3n) is 3.93. The van der Waals surface area contributed by atoms with Crippen LogP contribution >= 0.6 is 11.8 Å². The van der Waals surface area contributed by atoms with Crippen molar-refractivity contribution in [2.75, 3.05) is 24.6 Å². The average Bonchev–Trinajstić information content (AvgIpc) is 2.75. The molecule has 0 bridgehead atoms. The fourth-order valence-corrected chi connectivity index (χ4v) is 3.79. The first-order valence-electron chi connectivity index (χ1n) is 7.34. The van der Waals surface area contributed by atoms with Crippen molar-refractivity contribution in [1.82, 2.24) is 14.7 Å². The van der Waals surface area contributed by atoms with Gasteiger partial charge in [0.05, 0.1) is 17.3 Å². The van der Waals surface area contributed by atoms with E-state index in [4.69, 9.17) is 0 Å². The van der Waals surface area contributed by atoms with Crippen LogP contribution < -0.4 is 0 Å². The smallest absolute Gasteiger partial charge is 0.224 e. The van der Waals surface area contributed by atoms with Gasteiger partial charge in [-0.1, -0.05) is 0 Å². The van der Waals surface area contributed by atoms with Gasteiger partial charge in [-0.25, -0.2) is 0 Å². The van der Waals surface area contributed by atoms with Crippen molar-refractivity contribution in [2.45, 2.75) is 40.2 Å². The Hall–Kier alpha value is -1.30. The zero-order valence-corrected chi connectivity index (χ0v) is 14.0. The molecule has 1 atom stereocenters. The molecule has 1 aromatic heterocycles. The summed E-state index contributed by atoms with van der Waals surface area (Å²) < 4.78 is 1.82. The van der Waals surface area contributed by atoms with E-state index < -0.39 is 0 Å². The molecule has 1 fully saturated rings. The number of hydrogen-bond acceptors (Lipinski definition) is 4. The molecule has 0 spiro atoms. The summed E-state index contributed by atoms with van der Waals surface area (Å²) in [6, 6.07) is -0.0288. The molecule has 116 valence electrons. The molecule has 0 N–H and O–H groups in total. The Kier molecular flexibility index (Phi) is 5.08. The minimum Gasteiger partial charge on any atom is -0.341 e. The minimum atomic E-state index is -0.0288. The number of ketones is 1. The second-order valence-electron chi connectivity index (χ2n) is 5.59. The van der Waals surface area contributed by atoms with Gasteiger partial charge < -0.3 is 4.90 Å². The Morgan fingerprint density at radius 1 is 1.29 bits per heavy atom. The number of aryl methyl sites for hydroxylation is 1. The largest absolute Gasteiger partial charge is 0.341 e. The zero-order chi connectivity index (χ0) is 15.6. The van der Waals surface area contributed by atoms with Crippen LogP contribution in [0.15, 0.2) is 0 Å². The summed E-state index contributed by atoms with van der Waals surface area (Å²) in [7, 11) is 0. The number of aromatic nitrogens is 2. The van der Waals surface area contributed by atoms with E-state index in [0.29, 0.717) is 12.0 Å². The topological polar surface area (TPSA) is 55.2 Å². The van der Waals surface area contributed by atoms with Gasteiger partial charge in [-0.05, 0) is 27.7 Å². The maximum Gasteiger partial charge on any atom is 0.224 e. The van der Waals surface area contributed by atoms with Crippen molar-refractivity contribution in [3.8, 4) is 0 Å². The van der Waals surface area contributed by atoms with Crippen LogP contribution in [0.4, 0.5) is 0 Å². The van der Waals surface area contributed by atoms with Gasteiger partial charge in [-0.3, -0.25) is 14.3 Å². The SMILES string of the molecule is CC(=O)c1c(C)nn([C@@H](C)CC(=O)N2CCSCC2)c1C. The second-order valence-corrected chi connectivity index (χ2v) is 6.82. The van der Waals surface area contributed by atoms with Crippen LogP contribution in [0.1, 0.15) is 48.1 Å². The molecule has 6 heteroatoms. The standard InChI is InChI=1S/C15H23N3O2S/c1-10(9-14(20)17-5-7-21-8-6-17)18-12(3)15(13(4)19)11(2)16-18/h10H,5-9H2,1-4H3/t10-/m0/s1. The fourth-order valence-electron chi connectivity index (χ4n) is 2.88. The highest BCUT2D eigenvalue weighted by atomic mass is 32.2. The summed E-state index contributed by atoms with van der Waals surface area (Å²) in [6.07, 6.45) is 0.434. The highest BCUT2D eigenvalue weighted by Gasteiger charge is 2.23. The number of carbonyl (C=O) groups excluding carboxylic acids is 2. The Bertz CT molecular complexity index is 547. The van der Waals surface area contributed by atoms with Gasteiger partial charge >= 0.3 is 0 Å². The molecule has 0 saturated carbocycles. The maximum absolute atomic E-state index is 12.3. The van der Waals surface area contributed by atoms with Crippen LogP contribution in [0.2, 0.25) is 0 Å². The number of rotatable bonds is 4. The first kappa shape index (κ1) is 16.1. The van der Waals surface area contributed by atoms with Crippen LogP contribution in [0.5, 0.6) is 0 Å². The lowest BCUT2D eigenvalue weighted by atomic mass is 10.1. The van der Waals surface area contributed by atoms with Gasteiger partial charge in [0.15, 0.2) is 5.78 Å². The molecular formula is C15H23N3O2S. The summed E-state index contributed by atoms with van der Waals surface area (Å²) in [5.41, 5.74) is 2.28. The molecule has 2 rings (SSSR count). The molecule has 0 radical (unpaired) electrons. The lowest BCUT2D eigenvalue weighted by molar-refractivity contribution is -0.131. The van der Waals surface area contributed by atoms with E-state index in [0.717, 1.165) is 36.0 Å². The van der Waals surface area contributed by atoms with Gasteiger partial charge in [0.25, 0.3) is 0 Å². The summed E-state index contributed by atoms with van der Waals surface area (Å²) in [6.45, 7) is 8.96. The second kappa shape index (κ2) is 6.64. The molecule has 1 aromatic rings. The fraction of sp³-hybridized carbons (Fsp3) is 0.667. The van der Waals surface area contributed by atoms with Gasteiger partial charge in [0, 0.05) is 36.7 Å². The molecule has 0 aliphatic carbocycles. The van der Waals surface area contributed by atoms with E-state index >= 15 is 0 Å². The van der Waals surface area contributed by atoms with Crippen molar-refractivity contribution < 1.29 is 9.59 Å². The Labute approximate surface area is 130 Å². The van der Waals surface area contributed by atoms with Crippen molar-refractivity contribution in [1.29, 1.82) is 0 Å². The summed E-state index contributed by atoms with van der Waals surface area (Å²) in [5.74, 6) is 2.26. The monoisotopic (exact) mass is 309 g/mol. The first-order chi connectivity index (χ1) is 9.91. The van der Waals surface area contributed by atoms with Gasteiger partial charge in [-0.15, -0.1) is 0 Å². The number of nitrogens with zero attached hydrogens (tertiary/aromatic N) is 3. The maximum atomic E-state index is 12.3. The normalized spacial score (nSPS) is 16.9. The third kappa shape index (κ3) is 3.48. The van der Waals surface area contributed by atoms with Crippen molar-refractivity contribution in [3.05, 3.63) is 17.0 Å². The number of carbonyl (C=O) groups is 2. The van der Waals surface area contributed by atoms with E-state index in [1.807, 2.05) is 42.1 Å². The third-order valence-corrected chi connectivity index (χ3v) is 4.87. The van der Waals surface area contributed by atoms with E-state index in [1.54, 1.807) is 6.92 Å². The predicted molar refractivity (Wildman–Crippen MR) is 84.9 cm³/mol. The molecule has 2 heterocycles. The van der Waals surface area contributed by atoms with Crippen LogP contribution in [0.3, 0.4) is 0 Å². The highest BCUT2D eigenvalue weighted by molar-refractivity contribution is 7.99. The molecular weight excluding hydrogens is 286 g/mol. The highest BCUT2D eigenvalue weighted by Crippen LogP contribution is 2.21. The average molecular weight is 309 g/mol. The molecule has 1 saturated heterocycles. The van der Waals surface area contributed by atoms with E-state index in [9.17, 15) is 9.59 Å². The molecule has 5 nitrogen and oxygen atoms in total. The van der Waals surface area contributed by atoms with Gasteiger partial charge in [0.2, 0.25) is 5.91 Å². The van der Waals surface area contributed by atoms with Crippen LogP contribution in [0, 0.1) is 13.8 Å². The van der Waals surface area contributed by atoms with Gasteiger partial charge in [-0.2, -0.15) is 16.9 Å². The predicted octanol–water partition coefficient (Wildman–Crippen LogP) is 2.23. The molecule has 1 aliphatic rings. The number of amides is 1. The van der Waals surface area contributed by atoms with Crippen molar-refractivity contribution >= 4 is 23.5 Å². The first-order valence-corrected chi connectivity index (χ1v) is 8.49. The summed E-state index contributed by atoms with van der Waals surface area (Å²) >= 11 is 1.89. The minimum absolute atomic E-state index is 0.0288.